The quantitative estimate of drug-likeness (QED) is 0.194. The summed E-state index contributed by atoms with van der Waals surface area (Å²) in [6, 6.07) is 15.7. The van der Waals surface area contributed by atoms with Crippen LogP contribution in [-0.4, -0.2) is 29.5 Å². The van der Waals surface area contributed by atoms with Gasteiger partial charge in [-0.05, 0) is 55.8 Å². The normalized spacial score (nSPS) is 12.2. The molecule has 0 bridgehead atoms. The number of nitrogens with zero attached hydrogens (tertiary/aromatic N) is 3. The minimum atomic E-state index is -0.411. The van der Waals surface area contributed by atoms with E-state index < -0.39 is 5.97 Å². The van der Waals surface area contributed by atoms with E-state index in [-0.39, 0.29) is 13.2 Å². The molecule has 3 rings (SSSR count). The predicted molar refractivity (Wildman–Crippen MR) is 116 cm³/mol. The summed E-state index contributed by atoms with van der Waals surface area (Å²) >= 11 is 1.61. The maximum absolute atomic E-state index is 11.3. The molecule has 0 aliphatic rings. The van der Waals surface area contributed by atoms with Crippen LogP contribution in [0.5, 0.6) is 5.75 Å². The molecule has 0 aliphatic heterocycles. The zero-order valence-corrected chi connectivity index (χ0v) is 17.5. The van der Waals surface area contributed by atoms with E-state index in [1.807, 2.05) is 54.9 Å². The number of carbonyl (C=O) groups excluding carboxylic acids is 1. The van der Waals surface area contributed by atoms with Gasteiger partial charge in [0.1, 0.15) is 19.0 Å². The van der Waals surface area contributed by atoms with Crippen LogP contribution in [0.1, 0.15) is 19.4 Å². The van der Waals surface area contributed by atoms with Crippen LogP contribution < -0.4 is 9.54 Å². The number of hydrogen-bond donors (Lipinski definition) is 0. The minimum absolute atomic E-state index is 0.180. The summed E-state index contributed by atoms with van der Waals surface area (Å²) in [6.07, 6.45) is 0. The lowest BCUT2D eigenvalue weighted by atomic mass is 10.1. The third kappa shape index (κ3) is 5.20. The van der Waals surface area contributed by atoms with Crippen molar-refractivity contribution in [1.82, 2.24) is 4.57 Å². The molecule has 0 aliphatic carbocycles. The van der Waals surface area contributed by atoms with Gasteiger partial charge in [0, 0.05) is 12.6 Å². The highest BCUT2D eigenvalue weighted by atomic mass is 32.1. The summed E-state index contributed by atoms with van der Waals surface area (Å²) < 4.78 is 13.8. The van der Waals surface area contributed by atoms with Crippen LogP contribution in [0.3, 0.4) is 0 Å². The first kappa shape index (κ1) is 20.5. The molecule has 6 nitrogen and oxygen atoms in total. The Morgan fingerprint density at radius 2 is 1.83 bits per heavy atom. The van der Waals surface area contributed by atoms with Crippen LogP contribution in [-0.2, 0) is 16.6 Å². The van der Waals surface area contributed by atoms with Crippen LogP contribution in [0.25, 0.3) is 10.2 Å². The van der Waals surface area contributed by atoms with E-state index in [4.69, 9.17) is 9.47 Å². The smallest absolute Gasteiger partial charge is 0.333 e. The Labute approximate surface area is 173 Å². The summed E-state index contributed by atoms with van der Waals surface area (Å²) in [5.74, 6) is 0.285. The second kappa shape index (κ2) is 9.34. The van der Waals surface area contributed by atoms with Crippen LogP contribution in [0.15, 0.2) is 70.9 Å². The Bertz CT molecular complexity index is 1120. The molecule has 2 aromatic carbocycles. The van der Waals surface area contributed by atoms with Crippen molar-refractivity contribution >= 4 is 33.2 Å². The first-order chi connectivity index (χ1) is 14.0. The number of rotatable bonds is 7. The standard InChI is InChI=1S/C22H23N3O3S/c1-15(2)21(26)28-14-13-27-18-11-9-17(10-12-18)16(3)23-24-22-25(4)19-7-5-6-8-20(19)29-22/h5-12H,1,13-14H2,2-4H3. The fourth-order valence-corrected chi connectivity index (χ4v) is 3.53. The van der Waals surface area contributed by atoms with Crippen LogP contribution >= 0.6 is 11.3 Å². The topological polar surface area (TPSA) is 65.2 Å². The molecule has 0 radical (unpaired) electrons. The molecule has 29 heavy (non-hydrogen) atoms. The number of esters is 1. The Morgan fingerprint density at radius 3 is 2.52 bits per heavy atom. The van der Waals surface area contributed by atoms with Crippen LogP contribution in [0, 0.1) is 0 Å². The highest BCUT2D eigenvalue weighted by Crippen LogP contribution is 2.16. The van der Waals surface area contributed by atoms with Gasteiger partial charge in [0.05, 0.1) is 15.9 Å². The number of thiazole rings is 1. The fraction of sp³-hybridized carbons (Fsp3) is 0.227. The number of aryl methyl sites for hydroxylation is 1. The van der Waals surface area contributed by atoms with E-state index in [0.717, 1.165) is 21.6 Å². The molecule has 0 saturated carbocycles. The highest BCUT2D eigenvalue weighted by Gasteiger charge is 2.04. The van der Waals surface area contributed by atoms with Crippen molar-refractivity contribution < 1.29 is 14.3 Å². The molecule has 0 spiro atoms. The summed E-state index contributed by atoms with van der Waals surface area (Å²) in [5.41, 5.74) is 3.28. The predicted octanol–water partition coefficient (Wildman–Crippen LogP) is 4.06. The maximum atomic E-state index is 11.3. The third-order valence-electron chi connectivity index (χ3n) is 4.21. The van der Waals surface area contributed by atoms with Crippen molar-refractivity contribution in [2.75, 3.05) is 13.2 Å². The largest absolute Gasteiger partial charge is 0.490 e. The molecule has 0 unspecified atom stereocenters. The first-order valence-corrected chi connectivity index (χ1v) is 9.96. The van der Waals surface area contributed by atoms with Gasteiger partial charge in [-0.15, -0.1) is 5.10 Å². The van der Waals surface area contributed by atoms with E-state index in [9.17, 15) is 4.79 Å². The lowest BCUT2D eigenvalue weighted by Crippen LogP contribution is -2.12. The van der Waals surface area contributed by atoms with Crippen molar-refractivity contribution in [1.29, 1.82) is 0 Å². The van der Waals surface area contributed by atoms with Gasteiger partial charge in [-0.1, -0.05) is 30.0 Å². The lowest BCUT2D eigenvalue weighted by Gasteiger charge is -2.08. The Balaban J connectivity index is 1.63. The summed E-state index contributed by atoms with van der Waals surface area (Å²) in [6.45, 7) is 7.52. The van der Waals surface area contributed by atoms with E-state index in [2.05, 4.69) is 28.9 Å². The van der Waals surface area contributed by atoms with E-state index in [0.29, 0.717) is 11.3 Å². The van der Waals surface area contributed by atoms with Crippen molar-refractivity contribution in [3.8, 4) is 5.75 Å². The molecule has 0 atom stereocenters. The monoisotopic (exact) mass is 409 g/mol. The molecule has 0 fully saturated rings. The number of hydrogen-bond acceptors (Lipinski definition) is 6. The van der Waals surface area contributed by atoms with Gasteiger partial charge in [0.15, 0.2) is 0 Å². The molecule has 150 valence electrons. The van der Waals surface area contributed by atoms with Gasteiger partial charge in [-0.2, -0.15) is 5.10 Å². The molecular weight excluding hydrogens is 386 g/mol. The number of fused-ring (bicyclic) bond motifs is 1. The minimum Gasteiger partial charge on any atom is -0.490 e. The molecule has 1 heterocycles. The number of ether oxygens (including phenoxy) is 2. The lowest BCUT2D eigenvalue weighted by molar-refractivity contribution is -0.139. The van der Waals surface area contributed by atoms with Gasteiger partial charge >= 0.3 is 5.97 Å². The van der Waals surface area contributed by atoms with Crippen molar-refractivity contribution in [2.45, 2.75) is 13.8 Å². The molecule has 0 N–H and O–H groups in total. The highest BCUT2D eigenvalue weighted by molar-refractivity contribution is 7.16. The Hall–Kier alpha value is -3.19. The second-order valence-corrected chi connectivity index (χ2v) is 7.49. The van der Waals surface area contributed by atoms with Gasteiger partial charge in [-0.25, -0.2) is 4.79 Å². The molecule has 0 amide bonds. The van der Waals surface area contributed by atoms with Crippen molar-refractivity contribution in [2.24, 2.45) is 17.3 Å². The molecule has 3 aromatic rings. The van der Waals surface area contributed by atoms with Gasteiger partial charge in [0.2, 0.25) is 4.80 Å². The average Bonchev–Trinajstić information content (AvgIpc) is 3.05. The Morgan fingerprint density at radius 1 is 1.10 bits per heavy atom. The summed E-state index contributed by atoms with van der Waals surface area (Å²) in [5, 5.41) is 8.80. The molecule has 7 heteroatoms. The third-order valence-corrected chi connectivity index (χ3v) is 5.31. The average molecular weight is 410 g/mol. The Kier molecular flexibility index (Phi) is 6.61. The van der Waals surface area contributed by atoms with Gasteiger partial charge in [0.25, 0.3) is 0 Å². The SMILES string of the molecule is C=C(C)C(=O)OCCOc1ccc(C(C)=NN=c2sc3ccccc3n2C)cc1. The van der Waals surface area contributed by atoms with Crippen LogP contribution in [0.2, 0.25) is 0 Å². The zero-order valence-electron chi connectivity index (χ0n) is 16.7. The summed E-state index contributed by atoms with van der Waals surface area (Å²) in [7, 11) is 1.99. The molecule has 0 saturated heterocycles. The van der Waals surface area contributed by atoms with Gasteiger partial charge in [-0.3, -0.25) is 0 Å². The van der Waals surface area contributed by atoms with E-state index in [1.54, 1.807) is 18.3 Å². The second-order valence-electron chi connectivity index (χ2n) is 6.49. The first-order valence-electron chi connectivity index (χ1n) is 9.14. The fourth-order valence-electron chi connectivity index (χ4n) is 2.56. The van der Waals surface area contributed by atoms with Gasteiger partial charge < -0.3 is 14.0 Å². The van der Waals surface area contributed by atoms with Crippen LogP contribution in [0.4, 0.5) is 0 Å². The number of carbonyl (C=O) groups is 1. The molecule has 1 aromatic heterocycles. The number of benzene rings is 2. The number of aromatic nitrogens is 1. The van der Waals surface area contributed by atoms with Crippen molar-refractivity contribution in [3.05, 3.63) is 71.0 Å². The van der Waals surface area contributed by atoms with E-state index >= 15 is 0 Å². The maximum Gasteiger partial charge on any atom is 0.333 e. The zero-order chi connectivity index (χ0) is 20.8. The van der Waals surface area contributed by atoms with Crippen molar-refractivity contribution in [3.63, 3.8) is 0 Å². The molecular formula is C22H23N3O3S. The summed E-state index contributed by atoms with van der Waals surface area (Å²) in [4.78, 5) is 12.2. The number of para-hydroxylation sites is 1. The van der Waals surface area contributed by atoms with E-state index in [1.165, 1.54) is 4.70 Å².